The number of para-hydroxylation sites is 1. The highest BCUT2D eigenvalue weighted by Gasteiger charge is 2.20. The van der Waals surface area contributed by atoms with Gasteiger partial charge < -0.3 is 15.1 Å². The number of fused-ring (bicyclic) bond motifs is 1. The van der Waals surface area contributed by atoms with Gasteiger partial charge in [-0.3, -0.25) is 4.79 Å². The van der Waals surface area contributed by atoms with Gasteiger partial charge in [-0.1, -0.05) is 18.2 Å². The number of carbonyl (C=O) groups is 1. The highest BCUT2D eigenvalue weighted by atomic mass is 16.2. The number of nitrogens with one attached hydrogen (secondary N) is 1. The predicted molar refractivity (Wildman–Crippen MR) is 97.0 cm³/mol. The zero-order valence-corrected chi connectivity index (χ0v) is 13.9. The third-order valence-electron chi connectivity index (χ3n) is 4.94. The molecule has 1 amide bonds. The number of benzene rings is 2. The van der Waals surface area contributed by atoms with Crippen LogP contribution in [0.2, 0.25) is 0 Å². The van der Waals surface area contributed by atoms with E-state index in [9.17, 15) is 4.79 Å². The number of anilines is 2. The third-order valence-corrected chi connectivity index (χ3v) is 4.94. The van der Waals surface area contributed by atoms with Gasteiger partial charge in [-0.25, -0.2) is 0 Å². The average Bonchev–Trinajstić information content (AvgIpc) is 2.68. The van der Waals surface area contributed by atoms with E-state index in [1.165, 1.54) is 23.4 Å². The molecule has 2 aromatic carbocycles. The number of nitrogens with zero attached hydrogens (tertiary/aromatic N) is 2. The highest BCUT2D eigenvalue weighted by Crippen LogP contribution is 2.33. The molecule has 4 rings (SSSR count). The van der Waals surface area contributed by atoms with Crippen molar-refractivity contribution in [2.24, 2.45) is 0 Å². The number of amides is 1. The van der Waals surface area contributed by atoms with Crippen molar-refractivity contribution >= 4 is 17.3 Å². The van der Waals surface area contributed by atoms with Gasteiger partial charge in [0.25, 0.3) is 5.91 Å². The summed E-state index contributed by atoms with van der Waals surface area (Å²) in [6.45, 7) is 4.38. The van der Waals surface area contributed by atoms with E-state index in [1.807, 2.05) is 17.0 Å². The zero-order chi connectivity index (χ0) is 16.4. The molecule has 0 aromatic heterocycles. The van der Waals surface area contributed by atoms with Crippen molar-refractivity contribution in [3.05, 3.63) is 59.7 Å². The topological polar surface area (TPSA) is 35.6 Å². The molecule has 1 saturated heterocycles. The molecule has 0 unspecified atom stereocenters. The second-order valence-corrected chi connectivity index (χ2v) is 6.47. The zero-order valence-electron chi connectivity index (χ0n) is 13.9. The number of hydrogen-bond acceptors (Lipinski definition) is 3. The van der Waals surface area contributed by atoms with Crippen molar-refractivity contribution in [3.63, 3.8) is 0 Å². The molecular formula is C20H23N3O. The lowest BCUT2D eigenvalue weighted by atomic mass is 10.0. The van der Waals surface area contributed by atoms with Gasteiger partial charge in [-0.15, -0.1) is 0 Å². The van der Waals surface area contributed by atoms with Gasteiger partial charge in [0.15, 0.2) is 0 Å². The lowest BCUT2D eigenvalue weighted by molar-refractivity contribution is 0.0736. The first kappa shape index (κ1) is 15.2. The van der Waals surface area contributed by atoms with Gasteiger partial charge in [0.05, 0.1) is 0 Å². The van der Waals surface area contributed by atoms with E-state index < -0.39 is 0 Å². The summed E-state index contributed by atoms with van der Waals surface area (Å²) in [6.07, 6.45) is 2.31. The fourth-order valence-electron chi connectivity index (χ4n) is 3.64. The molecule has 1 N–H and O–H groups in total. The van der Waals surface area contributed by atoms with Crippen LogP contribution < -0.4 is 10.2 Å². The maximum atomic E-state index is 12.6. The fourth-order valence-corrected chi connectivity index (χ4v) is 3.64. The van der Waals surface area contributed by atoms with Crippen molar-refractivity contribution < 1.29 is 4.79 Å². The van der Waals surface area contributed by atoms with Gasteiger partial charge in [0.2, 0.25) is 0 Å². The van der Waals surface area contributed by atoms with Crippen LogP contribution >= 0.6 is 0 Å². The van der Waals surface area contributed by atoms with Gasteiger partial charge in [-0.2, -0.15) is 0 Å². The Labute approximate surface area is 143 Å². The Bertz CT molecular complexity index is 720. The summed E-state index contributed by atoms with van der Waals surface area (Å²) in [6, 6.07) is 16.7. The smallest absolute Gasteiger partial charge is 0.253 e. The average molecular weight is 321 g/mol. The van der Waals surface area contributed by atoms with Crippen LogP contribution in [-0.4, -0.2) is 43.5 Å². The van der Waals surface area contributed by atoms with E-state index >= 15 is 0 Å². The molecule has 0 aliphatic carbocycles. The molecule has 2 heterocycles. The SMILES string of the molecule is O=C(c1ccc(N2CCCc3ccccc32)cc1)N1CCNCC1. The second kappa shape index (κ2) is 6.65. The first-order chi connectivity index (χ1) is 11.8. The summed E-state index contributed by atoms with van der Waals surface area (Å²) in [5.74, 6) is 0.141. The van der Waals surface area contributed by atoms with Crippen LogP contribution in [0.15, 0.2) is 48.5 Å². The largest absolute Gasteiger partial charge is 0.341 e. The van der Waals surface area contributed by atoms with Gasteiger partial charge >= 0.3 is 0 Å². The number of hydrogen-bond donors (Lipinski definition) is 1. The fraction of sp³-hybridized carbons (Fsp3) is 0.350. The van der Waals surface area contributed by atoms with Crippen molar-refractivity contribution in [3.8, 4) is 0 Å². The molecule has 4 nitrogen and oxygen atoms in total. The lowest BCUT2D eigenvalue weighted by Gasteiger charge is -2.31. The van der Waals surface area contributed by atoms with Crippen LogP contribution in [0.5, 0.6) is 0 Å². The molecule has 0 spiro atoms. The van der Waals surface area contributed by atoms with E-state index in [4.69, 9.17) is 0 Å². The number of aryl methyl sites for hydroxylation is 1. The minimum atomic E-state index is 0.141. The summed E-state index contributed by atoms with van der Waals surface area (Å²) >= 11 is 0. The van der Waals surface area contributed by atoms with Gasteiger partial charge in [0.1, 0.15) is 0 Å². The summed E-state index contributed by atoms with van der Waals surface area (Å²) in [7, 11) is 0. The maximum absolute atomic E-state index is 12.6. The van der Waals surface area contributed by atoms with Crippen molar-refractivity contribution in [1.29, 1.82) is 0 Å². The minimum absolute atomic E-state index is 0.141. The Morgan fingerprint density at radius 2 is 1.67 bits per heavy atom. The molecule has 124 valence electrons. The maximum Gasteiger partial charge on any atom is 0.253 e. The van der Waals surface area contributed by atoms with E-state index in [0.29, 0.717) is 0 Å². The highest BCUT2D eigenvalue weighted by molar-refractivity contribution is 5.94. The monoisotopic (exact) mass is 321 g/mol. The Kier molecular flexibility index (Phi) is 4.22. The molecular weight excluding hydrogens is 298 g/mol. The Morgan fingerprint density at radius 1 is 0.917 bits per heavy atom. The first-order valence-electron chi connectivity index (χ1n) is 8.78. The van der Waals surface area contributed by atoms with Crippen LogP contribution in [0.1, 0.15) is 22.3 Å². The molecule has 2 aliphatic rings. The number of rotatable bonds is 2. The van der Waals surface area contributed by atoms with Gasteiger partial charge in [-0.05, 0) is 48.7 Å². The van der Waals surface area contributed by atoms with Crippen LogP contribution in [0.25, 0.3) is 0 Å². The second-order valence-electron chi connectivity index (χ2n) is 6.47. The minimum Gasteiger partial charge on any atom is -0.341 e. The quantitative estimate of drug-likeness (QED) is 0.924. The van der Waals surface area contributed by atoms with E-state index in [-0.39, 0.29) is 5.91 Å². The molecule has 0 saturated carbocycles. The number of carbonyl (C=O) groups excluding carboxylic acids is 1. The van der Waals surface area contributed by atoms with Crippen molar-refractivity contribution in [2.45, 2.75) is 12.8 Å². The van der Waals surface area contributed by atoms with Crippen molar-refractivity contribution in [1.82, 2.24) is 10.2 Å². The molecule has 4 heteroatoms. The molecule has 2 aromatic rings. The normalized spacial score (nSPS) is 17.5. The lowest BCUT2D eigenvalue weighted by Crippen LogP contribution is -2.46. The summed E-state index contributed by atoms with van der Waals surface area (Å²) < 4.78 is 0. The Balaban J connectivity index is 1.55. The predicted octanol–water partition coefficient (Wildman–Crippen LogP) is 2.82. The molecule has 2 aliphatic heterocycles. The van der Waals surface area contributed by atoms with Gasteiger partial charge in [0, 0.05) is 49.7 Å². The van der Waals surface area contributed by atoms with E-state index in [1.54, 1.807) is 0 Å². The van der Waals surface area contributed by atoms with Crippen molar-refractivity contribution in [2.75, 3.05) is 37.6 Å². The first-order valence-corrected chi connectivity index (χ1v) is 8.78. The summed E-state index contributed by atoms with van der Waals surface area (Å²) in [4.78, 5) is 16.9. The Hall–Kier alpha value is -2.33. The number of piperazine rings is 1. The van der Waals surface area contributed by atoms with Crippen LogP contribution in [0.4, 0.5) is 11.4 Å². The molecule has 1 fully saturated rings. The third kappa shape index (κ3) is 2.89. The summed E-state index contributed by atoms with van der Waals surface area (Å²) in [5, 5.41) is 3.28. The molecule has 0 radical (unpaired) electrons. The van der Waals surface area contributed by atoms with E-state index in [0.717, 1.165) is 44.7 Å². The standard InChI is InChI=1S/C20H23N3O/c24-20(22-14-11-21-12-15-22)17-7-9-18(10-8-17)23-13-3-5-16-4-1-2-6-19(16)23/h1-2,4,6-10,21H,3,5,11-15H2. The summed E-state index contributed by atoms with van der Waals surface area (Å²) in [5.41, 5.74) is 4.65. The molecule has 0 atom stereocenters. The van der Waals surface area contributed by atoms with Crippen LogP contribution in [0.3, 0.4) is 0 Å². The Morgan fingerprint density at radius 3 is 2.46 bits per heavy atom. The van der Waals surface area contributed by atoms with Crippen LogP contribution in [0, 0.1) is 0 Å². The van der Waals surface area contributed by atoms with E-state index in [2.05, 4.69) is 46.6 Å². The van der Waals surface area contributed by atoms with Crippen LogP contribution in [-0.2, 0) is 6.42 Å². The molecule has 24 heavy (non-hydrogen) atoms. The molecule has 0 bridgehead atoms.